The Bertz CT molecular complexity index is 576. The molecule has 0 fully saturated rings. The lowest BCUT2D eigenvalue weighted by Crippen LogP contribution is -1.97. The number of oxime groups is 1. The molecule has 0 aliphatic rings. The Balaban J connectivity index is 1.97. The zero-order chi connectivity index (χ0) is 13.7. The van der Waals surface area contributed by atoms with E-state index in [1.165, 1.54) is 17.7 Å². The summed E-state index contributed by atoms with van der Waals surface area (Å²) in [6.45, 7) is 4.19. The van der Waals surface area contributed by atoms with Crippen LogP contribution in [0.25, 0.3) is 0 Å². The van der Waals surface area contributed by atoms with E-state index < -0.39 is 0 Å². The predicted octanol–water partition coefficient (Wildman–Crippen LogP) is 4.07. The van der Waals surface area contributed by atoms with Gasteiger partial charge in [0.15, 0.2) is 0 Å². The SMILES string of the molecule is C/C(=N\OCc1cccc(F)c1)c1ccc(C)cc1. The van der Waals surface area contributed by atoms with Gasteiger partial charge in [-0.15, -0.1) is 0 Å². The molecule has 0 amide bonds. The van der Waals surface area contributed by atoms with E-state index in [-0.39, 0.29) is 12.4 Å². The quantitative estimate of drug-likeness (QED) is 0.597. The van der Waals surface area contributed by atoms with Crippen molar-refractivity contribution in [2.45, 2.75) is 20.5 Å². The molecule has 2 rings (SSSR count). The van der Waals surface area contributed by atoms with Crippen LogP contribution in [0.2, 0.25) is 0 Å². The van der Waals surface area contributed by atoms with Crippen molar-refractivity contribution in [3.05, 3.63) is 71.0 Å². The Morgan fingerprint density at radius 3 is 2.58 bits per heavy atom. The number of rotatable bonds is 4. The van der Waals surface area contributed by atoms with E-state index in [2.05, 4.69) is 5.16 Å². The summed E-state index contributed by atoms with van der Waals surface area (Å²) in [6, 6.07) is 14.4. The van der Waals surface area contributed by atoms with E-state index in [0.29, 0.717) is 0 Å². The topological polar surface area (TPSA) is 21.6 Å². The Morgan fingerprint density at radius 1 is 1.16 bits per heavy atom. The molecule has 0 aromatic heterocycles. The smallest absolute Gasteiger partial charge is 0.142 e. The highest BCUT2D eigenvalue weighted by Gasteiger charge is 1.98. The van der Waals surface area contributed by atoms with Crippen molar-refractivity contribution in [2.24, 2.45) is 5.16 Å². The number of hydrogen-bond acceptors (Lipinski definition) is 2. The van der Waals surface area contributed by atoms with Crippen LogP contribution in [0.3, 0.4) is 0 Å². The normalized spacial score (nSPS) is 11.4. The molecule has 0 N–H and O–H groups in total. The summed E-state index contributed by atoms with van der Waals surface area (Å²) in [5.74, 6) is -0.264. The molecule has 0 aliphatic carbocycles. The summed E-state index contributed by atoms with van der Waals surface area (Å²) in [6.07, 6.45) is 0. The van der Waals surface area contributed by atoms with Gasteiger partial charge in [0.2, 0.25) is 0 Å². The lowest BCUT2D eigenvalue weighted by Gasteiger charge is -2.03. The van der Waals surface area contributed by atoms with Crippen molar-refractivity contribution < 1.29 is 9.23 Å². The number of aryl methyl sites for hydroxylation is 1. The van der Waals surface area contributed by atoms with Crippen molar-refractivity contribution in [1.29, 1.82) is 0 Å². The van der Waals surface area contributed by atoms with E-state index in [9.17, 15) is 4.39 Å². The fourth-order valence-electron chi connectivity index (χ4n) is 1.68. The van der Waals surface area contributed by atoms with Crippen LogP contribution in [-0.4, -0.2) is 5.71 Å². The van der Waals surface area contributed by atoms with Gasteiger partial charge in [0.05, 0.1) is 5.71 Å². The van der Waals surface area contributed by atoms with Gasteiger partial charge in [0.1, 0.15) is 12.4 Å². The van der Waals surface area contributed by atoms with Gasteiger partial charge in [-0.25, -0.2) is 4.39 Å². The highest BCUT2D eigenvalue weighted by Crippen LogP contribution is 2.07. The molecule has 0 aliphatic heterocycles. The minimum Gasteiger partial charge on any atom is -0.391 e. The van der Waals surface area contributed by atoms with Gasteiger partial charge in [-0.2, -0.15) is 0 Å². The molecule has 0 saturated carbocycles. The first-order chi connectivity index (χ1) is 9.15. The zero-order valence-electron chi connectivity index (χ0n) is 11.1. The molecule has 0 saturated heterocycles. The molecule has 0 spiro atoms. The molecule has 98 valence electrons. The van der Waals surface area contributed by atoms with Crippen molar-refractivity contribution in [2.75, 3.05) is 0 Å². The first-order valence-electron chi connectivity index (χ1n) is 6.13. The molecule has 2 aromatic carbocycles. The Kier molecular flexibility index (Phi) is 4.29. The minimum absolute atomic E-state index is 0.264. The molecule has 3 heteroatoms. The lowest BCUT2D eigenvalue weighted by atomic mass is 10.1. The molecule has 0 unspecified atom stereocenters. The van der Waals surface area contributed by atoms with Gasteiger partial charge < -0.3 is 4.84 Å². The Morgan fingerprint density at radius 2 is 1.89 bits per heavy atom. The van der Waals surface area contributed by atoms with Crippen LogP contribution >= 0.6 is 0 Å². The molecule has 0 radical (unpaired) electrons. The maximum Gasteiger partial charge on any atom is 0.142 e. The van der Waals surface area contributed by atoms with Crippen LogP contribution in [0.4, 0.5) is 4.39 Å². The summed E-state index contributed by atoms with van der Waals surface area (Å²) in [5, 5.41) is 4.04. The molecule has 0 heterocycles. The fourth-order valence-corrected chi connectivity index (χ4v) is 1.68. The molecule has 0 atom stereocenters. The second-order valence-corrected chi connectivity index (χ2v) is 4.45. The summed E-state index contributed by atoms with van der Waals surface area (Å²) in [5.41, 5.74) is 3.79. The van der Waals surface area contributed by atoms with Crippen molar-refractivity contribution in [1.82, 2.24) is 0 Å². The molecular weight excluding hydrogens is 241 g/mol. The average molecular weight is 257 g/mol. The number of nitrogens with zero attached hydrogens (tertiary/aromatic N) is 1. The summed E-state index contributed by atoms with van der Waals surface area (Å²) in [7, 11) is 0. The van der Waals surface area contributed by atoms with E-state index in [4.69, 9.17) is 4.84 Å². The van der Waals surface area contributed by atoms with Crippen LogP contribution in [0.1, 0.15) is 23.6 Å². The van der Waals surface area contributed by atoms with Gasteiger partial charge in [0, 0.05) is 0 Å². The first kappa shape index (κ1) is 13.3. The van der Waals surface area contributed by atoms with Gasteiger partial charge in [-0.3, -0.25) is 0 Å². The van der Waals surface area contributed by atoms with Crippen molar-refractivity contribution in [3.8, 4) is 0 Å². The maximum atomic E-state index is 13.0. The van der Waals surface area contributed by atoms with E-state index in [0.717, 1.165) is 16.8 Å². The number of benzene rings is 2. The van der Waals surface area contributed by atoms with Crippen molar-refractivity contribution >= 4 is 5.71 Å². The molecular formula is C16H16FNO. The van der Waals surface area contributed by atoms with E-state index in [1.807, 2.05) is 38.1 Å². The number of hydrogen-bond donors (Lipinski definition) is 0. The molecule has 2 aromatic rings. The van der Waals surface area contributed by atoms with Crippen LogP contribution < -0.4 is 0 Å². The summed E-state index contributed by atoms with van der Waals surface area (Å²) in [4.78, 5) is 5.24. The second-order valence-electron chi connectivity index (χ2n) is 4.45. The van der Waals surface area contributed by atoms with E-state index >= 15 is 0 Å². The van der Waals surface area contributed by atoms with Crippen LogP contribution in [0, 0.1) is 12.7 Å². The zero-order valence-corrected chi connectivity index (χ0v) is 11.1. The lowest BCUT2D eigenvalue weighted by molar-refractivity contribution is 0.130. The largest absolute Gasteiger partial charge is 0.391 e. The Labute approximate surface area is 112 Å². The maximum absolute atomic E-state index is 13.0. The first-order valence-corrected chi connectivity index (χ1v) is 6.13. The highest BCUT2D eigenvalue weighted by atomic mass is 19.1. The minimum atomic E-state index is -0.264. The van der Waals surface area contributed by atoms with Gasteiger partial charge in [0.25, 0.3) is 0 Å². The van der Waals surface area contributed by atoms with E-state index in [1.54, 1.807) is 12.1 Å². The van der Waals surface area contributed by atoms with Crippen molar-refractivity contribution in [3.63, 3.8) is 0 Å². The Hall–Kier alpha value is -2.16. The molecule has 2 nitrogen and oxygen atoms in total. The predicted molar refractivity (Wildman–Crippen MR) is 74.6 cm³/mol. The molecule has 19 heavy (non-hydrogen) atoms. The van der Waals surface area contributed by atoms with Gasteiger partial charge in [-0.1, -0.05) is 47.1 Å². The monoisotopic (exact) mass is 257 g/mol. The third kappa shape index (κ3) is 3.91. The molecule has 0 bridgehead atoms. The van der Waals surface area contributed by atoms with Crippen LogP contribution in [-0.2, 0) is 11.4 Å². The standard InChI is InChI=1S/C16H16FNO/c1-12-6-8-15(9-7-12)13(2)18-19-11-14-4-3-5-16(17)10-14/h3-10H,11H2,1-2H3/b18-13+. The second kappa shape index (κ2) is 6.14. The summed E-state index contributed by atoms with van der Waals surface area (Å²) >= 11 is 0. The van der Waals surface area contributed by atoms with Crippen LogP contribution in [0.15, 0.2) is 53.7 Å². The summed E-state index contributed by atoms with van der Waals surface area (Å²) < 4.78 is 13.0. The van der Waals surface area contributed by atoms with Gasteiger partial charge in [-0.05, 0) is 37.1 Å². The highest BCUT2D eigenvalue weighted by molar-refractivity contribution is 5.98. The fraction of sp³-hybridized carbons (Fsp3) is 0.188. The van der Waals surface area contributed by atoms with Crippen LogP contribution in [0.5, 0.6) is 0 Å². The van der Waals surface area contributed by atoms with Gasteiger partial charge >= 0.3 is 0 Å². The number of halogens is 1. The third-order valence-electron chi connectivity index (χ3n) is 2.79. The third-order valence-corrected chi connectivity index (χ3v) is 2.79. The average Bonchev–Trinajstić information content (AvgIpc) is 2.39.